The quantitative estimate of drug-likeness (QED) is 0.252. The highest BCUT2D eigenvalue weighted by atomic mass is 16.5. The average Bonchev–Trinajstić information content (AvgIpc) is 2.39. The Bertz CT molecular complexity index is 431. The summed E-state index contributed by atoms with van der Waals surface area (Å²) in [5.41, 5.74) is 0. The van der Waals surface area contributed by atoms with Gasteiger partial charge in [-0.15, -0.1) is 0 Å². The Kier molecular flexibility index (Phi) is 11.0. The third-order valence-electron chi connectivity index (χ3n) is 3.52. The Labute approximate surface area is 149 Å². The number of ether oxygens (including phenoxy) is 1. The largest absolute Gasteiger partial charge is 0.550 e. The fourth-order valence-electron chi connectivity index (χ4n) is 2.48. The molecular formula is C17H31NO7. The van der Waals surface area contributed by atoms with Gasteiger partial charge in [0.25, 0.3) is 0 Å². The molecule has 0 heterocycles. The van der Waals surface area contributed by atoms with Crippen LogP contribution in [-0.2, 0) is 19.1 Å². The van der Waals surface area contributed by atoms with Crippen LogP contribution < -0.4 is 5.11 Å². The topological polar surface area (TPSA) is 124 Å². The lowest BCUT2D eigenvalue weighted by molar-refractivity contribution is -0.873. The summed E-state index contributed by atoms with van der Waals surface area (Å²) in [6, 6.07) is 0. The van der Waals surface area contributed by atoms with Gasteiger partial charge in [0.15, 0.2) is 6.10 Å². The van der Waals surface area contributed by atoms with Crippen molar-refractivity contribution in [2.24, 2.45) is 0 Å². The van der Waals surface area contributed by atoms with Crippen LogP contribution in [0.4, 0.5) is 0 Å². The highest BCUT2D eigenvalue weighted by Crippen LogP contribution is 2.12. The molecule has 2 N–H and O–H groups in total. The van der Waals surface area contributed by atoms with E-state index in [0.717, 1.165) is 12.8 Å². The number of carbonyl (C=O) groups is 3. The van der Waals surface area contributed by atoms with Crippen molar-refractivity contribution in [1.82, 2.24) is 0 Å². The first-order valence-electron chi connectivity index (χ1n) is 8.59. The fraction of sp³-hybridized carbons (Fsp3) is 0.824. The number of carboxylic acid groups (broad SMARTS) is 2. The normalized spacial score (nSPS) is 13.9. The standard InChI is InChI=1S/C17H31NO7/c1-18(2,3)12-14(11-16(22)23)25-17(24)10-13(19)8-6-4-5-7-9-15(20)21/h13-14,19H,4-12H2,1-3H3,(H-,20,21,22,23). The van der Waals surface area contributed by atoms with Crippen molar-refractivity contribution < 1.29 is 38.9 Å². The van der Waals surface area contributed by atoms with Crippen LogP contribution >= 0.6 is 0 Å². The molecule has 8 nitrogen and oxygen atoms in total. The molecule has 0 aliphatic heterocycles. The minimum Gasteiger partial charge on any atom is -0.550 e. The van der Waals surface area contributed by atoms with Gasteiger partial charge < -0.3 is 29.3 Å². The molecule has 2 unspecified atom stereocenters. The van der Waals surface area contributed by atoms with Crippen LogP contribution in [0, 0.1) is 0 Å². The number of hydrogen-bond acceptors (Lipinski definition) is 6. The second-order valence-corrected chi connectivity index (χ2v) is 7.37. The zero-order valence-electron chi connectivity index (χ0n) is 15.4. The summed E-state index contributed by atoms with van der Waals surface area (Å²) in [5.74, 6) is -2.73. The summed E-state index contributed by atoms with van der Waals surface area (Å²) in [6.45, 7) is 0.333. The molecule has 0 fully saturated rings. The first-order chi connectivity index (χ1) is 11.5. The lowest BCUT2D eigenvalue weighted by Gasteiger charge is -2.29. The summed E-state index contributed by atoms with van der Waals surface area (Å²) in [4.78, 5) is 33.0. The number of aliphatic carboxylic acids is 2. The van der Waals surface area contributed by atoms with E-state index in [0.29, 0.717) is 30.3 Å². The van der Waals surface area contributed by atoms with Gasteiger partial charge in [-0.2, -0.15) is 0 Å². The van der Waals surface area contributed by atoms with Gasteiger partial charge in [0.05, 0.1) is 33.7 Å². The first-order valence-corrected chi connectivity index (χ1v) is 8.59. The summed E-state index contributed by atoms with van der Waals surface area (Å²) in [7, 11) is 5.57. The smallest absolute Gasteiger partial charge is 0.308 e. The SMILES string of the molecule is C[N+](C)(C)CC(CC(=O)[O-])OC(=O)CC(O)CCCCCCC(=O)O. The van der Waals surface area contributed by atoms with E-state index in [4.69, 9.17) is 9.84 Å². The second-order valence-electron chi connectivity index (χ2n) is 7.37. The number of aliphatic hydroxyl groups excluding tert-OH is 1. The maximum atomic E-state index is 11.9. The molecule has 0 aromatic heterocycles. The monoisotopic (exact) mass is 361 g/mol. The molecule has 0 bridgehead atoms. The van der Waals surface area contributed by atoms with Crippen molar-refractivity contribution in [3.8, 4) is 0 Å². The highest BCUT2D eigenvalue weighted by molar-refractivity contribution is 5.71. The molecule has 0 saturated carbocycles. The van der Waals surface area contributed by atoms with E-state index in [9.17, 15) is 24.6 Å². The first kappa shape index (κ1) is 23.3. The molecule has 0 aromatic carbocycles. The minimum absolute atomic E-state index is 0.140. The van der Waals surface area contributed by atoms with Crippen molar-refractivity contribution in [1.29, 1.82) is 0 Å². The number of esters is 1. The van der Waals surface area contributed by atoms with Crippen LogP contribution in [0.1, 0.15) is 51.4 Å². The molecular weight excluding hydrogens is 330 g/mol. The van der Waals surface area contributed by atoms with Crippen LogP contribution in [0.15, 0.2) is 0 Å². The van der Waals surface area contributed by atoms with Crippen molar-refractivity contribution in [2.75, 3.05) is 27.7 Å². The number of quaternary nitrogens is 1. The third kappa shape index (κ3) is 15.6. The molecule has 0 aliphatic carbocycles. The molecule has 0 aromatic rings. The molecule has 0 radical (unpaired) electrons. The van der Waals surface area contributed by atoms with Gasteiger partial charge >= 0.3 is 11.9 Å². The van der Waals surface area contributed by atoms with Gasteiger partial charge in [-0.05, 0) is 12.8 Å². The fourth-order valence-corrected chi connectivity index (χ4v) is 2.48. The number of unbranched alkanes of at least 4 members (excludes halogenated alkanes) is 3. The number of nitrogens with zero attached hydrogens (tertiary/aromatic N) is 1. The zero-order chi connectivity index (χ0) is 19.5. The Morgan fingerprint density at radius 3 is 2.16 bits per heavy atom. The van der Waals surface area contributed by atoms with Crippen molar-refractivity contribution in [3.63, 3.8) is 0 Å². The molecule has 25 heavy (non-hydrogen) atoms. The van der Waals surface area contributed by atoms with Gasteiger partial charge in [0, 0.05) is 18.8 Å². The van der Waals surface area contributed by atoms with Gasteiger partial charge in [-0.3, -0.25) is 9.59 Å². The zero-order valence-corrected chi connectivity index (χ0v) is 15.4. The van der Waals surface area contributed by atoms with Crippen LogP contribution in [-0.4, -0.2) is 72.5 Å². The molecule has 8 heteroatoms. The van der Waals surface area contributed by atoms with E-state index >= 15 is 0 Å². The van der Waals surface area contributed by atoms with E-state index < -0.39 is 30.1 Å². The van der Waals surface area contributed by atoms with Crippen molar-refractivity contribution in [2.45, 2.75) is 63.6 Å². The number of hydrogen-bond donors (Lipinski definition) is 2. The van der Waals surface area contributed by atoms with Crippen molar-refractivity contribution >= 4 is 17.9 Å². The van der Waals surface area contributed by atoms with Crippen LogP contribution in [0.5, 0.6) is 0 Å². The molecule has 0 rings (SSSR count). The lowest BCUT2D eigenvalue weighted by Crippen LogP contribution is -2.45. The Hall–Kier alpha value is -1.67. The lowest BCUT2D eigenvalue weighted by atomic mass is 10.1. The van der Waals surface area contributed by atoms with Gasteiger partial charge in [-0.1, -0.05) is 19.3 Å². The summed E-state index contributed by atoms with van der Waals surface area (Å²) >= 11 is 0. The average molecular weight is 361 g/mol. The maximum absolute atomic E-state index is 11.9. The van der Waals surface area contributed by atoms with Crippen LogP contribution in [0.25, 0.3) is 0 Å². The summed E-state index contributed by atoms with van der Waals surface area (Å²) in [6.07, 6.45) is 1.20. The summed E-state index contributed by atoms with van der Waals surface area (Å²) in [5, 5.41) is 29.2. The molecule has 0 amide bonds. The molecule has 0 saturated heterocycles. The van der Waals surface area contributed by atoms with E-state index in [1.165, 1.54) is 0 Å². The van der Waals surface area contributed by atoms with Gasteiger partial charge in [-0.25, -0.2) is 0 Å². The Morgan fingerprint density at radius 2 is 1.64 bits per heavy atom. The second kappa shape index (κ2) is 11.8. The van der Waals surface area contributed by atoms with Gasteiger partial charge in [0.2, 0.25) is 0 Å². The number of likely N-dealkylation sites (N-methyl/N-ethyl adjacent to an activating group) is 1. The van der Waals surface area contributed by atoms with Crippen LogP contribution in [0.2, 0.25) is 0 Å². The van der Waals surface area contributed by atoms with Crippen LogP contribution in [0.3, 0.4) is 0 Å². The van der Waals surface area contributed by atoms with E-state index in [1.54, 1.807) is 0 Å². The number of carboxylic acids is 2. The summed E-state index contributed by atoms with van der Waals surface area (Å²) < 4.78 is 5.61. The van der Waals surface area contributed by atoms with E-state index in [2.05, 4.69) is 0 Å². The molecule has 0 aliphatic rings. The number of aliphatic hydroxyl groups is 1. The Morgan fingerprint density at radius 1 is 1.04 bits per heavy atom. The highest BCUT2D eigenvalue weighted by Gasteiger charge is 2.23. The maximum Gasteiger partial charge on any atom is 0.308 e. The predicted octanol–water partition coefficient (Wildman–Crippen LogP) is -0.0794. The molecule has 2 atom stereocenters. The number of carbonyl (C=O) groups excluding carboxylic acids is 2. The van der Waals surface area contributed by atoms with Crippen molar-refractivity contribution in [3.05, 3.63) is 0 Å². The van der Waals surface area contributed by atoms with E-state index in [1.807, 2.05) is 21.1 Å². The Balaban J connectivity index is 4.10. The van der Waals surface area contributed by atoms with E-state index in [-0.39, 0.29) is 19.3 Å². The number of rotatable bonds is 14. The predicted molar refractivity (Wildman–Crippen MR) is 88.4 cm³/mol. The van der Waals surface area contributed by atoms with Gasteiger partial charge in [0.1, 0.15) is 6.54 Å². The molecule has 0 spiro atoms. The minimum atomic E-state index is -1.28. The third-order valence-corrected chi connectivity index (χ3v) is 3.52. The molecule has 146 valence electrons.